The number of ether oxygens (including phenoxy) is 1. The largest absolute Gasteiger partial charge is 0.495 e. The molecule has 2 aromatic carbocycles. The van der Waals surface area contributed by atoms with Gasteiger partial charge >= 0.3 is 5.97 Å². The number of benzene rings is 2. The van der Waals surface area contributed by atoms with Crippen LogP contribution in [-0.2, 0) is 16.1 Å². The first-order valence-electron chi connectivity index (χ1n) is 8.29. The van der Waals surface area contributed by atoms with Crippen LogP contribution in [0.5, 0.6) is 5.75 Å². The van der Waals surface area contributed by atoms with E-state index in [-0.39, 0.29) is 29.6 Å². The van der Waals surface area contributed by atoms with Crippen molar-refractivity contribution in [3.8, 4) is 5.75 Å². The number of aliphatic carboxylic acids is 1. The molecule has 0 atom stereocenters. The highest BCUT2D eigenvalue weighted by Gasteiger charge is 2.22. The number of thiazole rings is 1. The summed E-state index contributed by atoms with van der Waals surface area (Å²) >= 11 is 0.939. The summed E-state index contributed by atoms with van der Waals surface area (Å²) in [6.45, 7) is -0.0285. The quantitative estimate of drug-likeness (QED) is 0.642. The van der Waals surface area contributed by atoms with Crippen LogP contribution in [0.1, 0.15) is 17.8 Å². The Bertz CT molecular complexity index is 1040. The second kappa shape index (κ2) is 8.30. The molecule has 0 fully saturated rings. The molecule has 0 saturated heterocycles. The fourth-order valence-electron chi connectivity index (χ4n) is 2.69. The van der Waals surface area contributed by atoms with E-state index in [1.807, 2.05) is 0 Å². The maximum absolute atomic E-state index is 14.0. The number of methoxy groups -OCH3 is 1. The Morgan fingerprint density at radius 1 is 1.18 bits per heavy atom. The minimum Gasteiger partial charge on any atom is -0.495 e. The summed E-state index contributed by atoms with van der Waals surface area (Å²) in [6.07, 6.45) is -0.550. The highest BCUT2D eigenvalue weighted by atomic mass is 32.1. The van der Waals surface area contributed by atoms with E-state index in [4.69, 9.17) is 9.84 Å². The summed E-state index contributed by atoms with van der Waals surface area (Å²) in [5, 5.41) is 9.26. The number of carboxylic acid groups (broad SMARTS) is 1. The van der Waals surface area contributed by atoms with Crippen LogP contribution in [0.2, 0.25) is 0 Å². The van der Waals surface area contributed by atoms with E-state index in [9.17, 15) is 18.4 Å². The molecule has 1 heterocycles. The van der Waals surface area contributed by atoms with Crippen LogP contribution >= 0.6 is 11.3 Å². The van der Waals surface area contributed by atoms with Crippen LogP contribution < -0.4 is 9.64 Å². The molecule has 0 radical (unpaired) electrons. The lowest BCUT2D eigenvalue weighted by Crippen LogP contribution is -2.31. The third-order valence-corrected chi connectivity index (χ3v) is 5.07. The molecule has 0 aliphatic rings. The molecule has 1 aromatic heterocycles. The number of carbonyl (C=O) groups is 2. The summed E-state index contributed by atoms with van der Waals surface area (Å²) < 4.78 is 32.8. The molecule has 1 amide bonds. The molecule has 28 heavy (non-hydrogen) atoms. The van der Waals surface area contributed by atoms with Crippen molar-refractivity contribution in [2.45, 2.75) is 19.4 Å². The number of anilines is 1. The second-order valence-electron chi connectivity index (χ2n) is 5.86. The van der Waals surface area contributed by atoms with Gasteiger partial charge < -0.3 is 14.7 Å². The van der Waals surface area contributed by atoms with Gasteiger partial charge in [-0.05, 0) is 24.3 Å². The van der Waals surface area contributed by atoms with Crippen LogP contribution in [0.25, 0.3) is 10.2 Å². The van der Waals surface area contributed by atoms with Gasteiger partial charge in [-0.1, -0.05) is 12.1 Å². The molecule has 146 valence electrons. The molecular weight excluding hydrogens is 390 g/mol. The monoisotopic (exact) mass is 406 g/mol. The normalized spacial score (nSPS) is 10.8. The highest BCUT2D eigenvalue weighted by Crippen LogP contribution is 2.32. The van der Waals surface area contributed by atoms with E-state index in [0.29, 0.717) is 16.4 Å². The molecular formula is C19H16F2N2O4S. The van der Waals surface area contributed by atoms with E-state index in [0.717, 1.165) is 17.4 Å². The van der Waals surface area contributed by atoms with Crippen molar-refractivity contribution in [1.29, 1.82) is 0 Å². The van der Waals surface area contributed by atoms with Gasteiger partial charge in [0.2, 0.25) is 5.91 Å². The van der Waals surface area contributed by atoms with Crippen molar-refractivity contribution in [2.75, 3.05) is 12.0 Å². The average molecular weight is 406 g/mol. The molecule has 9 heteroatoms. The van der Waals surface area contributed by atoms with Crippen molar-refractivity contribution < 1.29 is 28.2 Å². The van der Waals surface area contributed by atoms with Crippen LogP contribution in [0.15, 0.2) is 36.4 Å². The van der Waals surface area contributed by atoms with Crippen molar-refractivity contribution in [1.82, 2.24) is 4.98 Å². The lowest BCUT2D eigenvalue weighted by atomic mass is 10.2. The molecule has 0 saturated carbocycles. The Hall–Kier alpha value is -3.07. The Morgan fingerprint density at radius 3 is 2.64 bits per heavy atom. The Kier molecular flexibility index (Phi) is 5.84. The molecule has 3 aromatic rings. The molecule has 0 aliphatic heterocycles. The van der Waals surface area contributed by atoms with Gasteiger partial charge in [-0.25, -0.2) is 13.8 Å². The maximum atomic E-state index is 14.0. The molecule has 3 rings (SSSR count). The Morgan fingerprint density at radius 2 is 1.93 bits per heavy atom. The van der Waals surface area contributed by atoms with Gasteiger partial charge in [-0.15, -0.1) is 11.3 Å². The van der Waals surface area contributed by atoms with E-state index in [1.165, 1.54) is 18.1 Å². The van der Waals surface area contributed by atoms with Gasteiger partial charge in [0, 0.05) is 6.42 Å². The van der Waals surface area contributed by atoms with E-state index < -0.39 is 23.5 Å². The number of nitrogens with zero attached hydrogens (tertiary/aromatic N) is 2. The number of halogens is 2. The third-order valence-electron chi connectivity index (χ3n) is 4.02. The van der Waals surface area contributed by atoms with Crippen LogP contribution in [0.4, 0.5) is 14.5 Å². The van der Waals surface area contributed by atoms with Gasteiger partial charge in [-0.2, -0.15) is 0 Å². The zero-order chi connectivity index (χ0) is 20.3. The number of hydrogen-bond acceptors (Lipinski definition) is 5. The van der Waals surface area contributed by atoms with E-state index in [1.54, 1.807) is 24.3 Å². The third kappa shape index (κ3) is 4.09. The van der Waals surface area contributed by atoms with Crippen LogP contribution in [-0.4, -0.2) is 29.1 Å². The minimum absolute atomic E-state index is 0.0285. The summed E-state index contributed by atoms with van der Waals surface area (Å²) in [7, 11) is 1.45. The van der Waals surface area contributed by atoms with E-state index in [2.05, 4.69) is 4.98 Å². The van der Waals surface area contributed by atoms with Gasteiger partial charge in [-0.3, -0.25) is 9.59 Å². The average Bonchev–Trinajstić information content (AvgIpc) is 3.10. The van der Waals surface area contributed by atoms with Gasteiger partial charge in [0.25, 0.3) is 0 Å². The topological polar surface area (TPSA) is 79.7 Å². The molecule has 0 aliphatic carbocycles. The minimum atomic E-state index is -1.09. The number of carboxylic acids is 1. The van der Waals surface area contributed by atoms with Crippen molar-refractivity contribution in [2.24, 2.45) is 0 Å². The zero-order valence-corrected chi connectivity index (χ0v) is 15.6. The fourth-order valence-corrected chi connectivity index (χ4v) is 3.67. The standard InChI is InChI=1S/C19H16F2N2O4S/c1-27-14-5-3-2-4-13(14)23(16(24)8-9-17(25)26)10-15-22-12-7-6-11(20)18(21)19(12)28-15/h2-7H,8-10H2,1H3,(H,25,26). The summed E-state index contributed by atoms with van der Waals surface area (Å²) in [5.41, 5.74) is 0.725. The van der Waals surface area contributed by atoms with Gasteiger partial charge in [0.1, 0.15) is 10.8 Å². The second-order valence-corrected chi connectivity index (χ2v) is 6.95. The van der Waals surface area contributed by atoms with E-state index >= 15 is 0 Å². The first-order chi connectivity index (χ1) is 13.4. The SMILES string of the molecule is COc1ccccc1N(Cc1nc2ccc(F)c(F)c2s1)C(=O)CCC(=O)O. The van der Waals surface area contributed by atoms with Crippen LogP contribution in [0, 0.1) is 11.6 Å². The van der Waals surface area contributed by atoms with Crippen LogP contribution in [0.3, 0.4) is 0 Å². The number of fused-ring (bicyclic) bond motifs is 1. The summed E-state index contributed by atoms with van der Waals surface area (Å²) in [4.78, 5) is 29.2. The first kappa shape index (κ1) is 19.7. The number of rotatable bonds is 7. The first-order valence-corrected chi connectivity index (χ1v) is 9.11. The van der Waals surface area contributed by atoms with Gasteiger partial charge in [0.05, 0.1) is 36.0 Å². The lowest BCUT2D eigenvalue weighted by molar-refractivity contribution is -0.138. The lowest BCUT2D eigenvalue weighted by Gasteiger charge is -2.23. The van der Waals surface area contributed by atoms with Crippen molar-refractivity contribution >= 4 is 39.1 Å². The smallest absolute Gasteiger partial charge is 0.303 e. The number of para-hydroxylation sites is 2. The number of hydrogen-bond donors (Lipinski definition) is 1. The van der Waals surface area contributed by atoms with Crippen molar-refractivity contribution in [3.05, 3.63) is 53.0 Å². The molecule has 0 spiro atoms. The molecule has 6 nitrogen and oxygen atoms in total. The number of amides is 1. The number of aromatic nitrogens is 1. The summed E-state index contributed by atoms with van der Waals surface area (Å²) in [6, 6.07) is 9.14. The summed E-state index contributed by atoms with van der Waals surface area (Å²) in [5.74, 6) is -3.07. The molecule has 0 unspecified atom stereocenters. The maximum Gasteiger partial charge on any atom is 0.303 e. The zero-order valence-electron chi connectivity index (χ0n) is 14.8. The Labute approximate surface area is 163 Å². The molecule has 1 N–H and O–H groups in total. The number of carbonyl (C=O) groups excluding carboxylic acids is 1. The Balaban J connectivity index is 1.98. The molecule has 0 bridgehead atoms. The predicted octanol–water partition coefficient (Wildman–Crippen LogP) is 3.98. The predicted molar refractivity (Wildman–Crippen MR) is 101 cm³/mol. The highest BCUT2D eigenvalue weighted by molar-refractivity contribution is 7.18. The fraction of sp³-hybridized carbons (Fsp3) is 0.211. The van der Waals surface area contributed by atoms with Crippen molar-refractivity contribution in [3.63, 3.8) is 0 Å². The van der Waals surface area contributed by atoms with Gasteiger partial charge in [0.15, 0.2) is 11.6 Å².